The molecule has 25 heavy (non-hydrogen) atoms. The van der Waals surface area contributed by atoms with Gasteiger partial charge in [0.2, 0.25) is 0 Å². The second-order valence-electron chi connectivity index (χ2n) is 4.99. The summed E-state index contributed by atoms with van der Waals surface area (Å²) in [5, 5.41) is 2.35. The number of halogens is 1. The van der Waals surface area contributed by atoms with Crippen LogP contribution in [0.4, 0.5) is 0 Å². The lowest BCUT2D eigenvalue weighted by atomic mass is 10.2. The molecule has 0 saturated carbocycles. The first-order valence-electron chi connectivity index (χ1n) is 7.24. The van der Waals surface area contributed by atoms with Gasteiger partial charge in [0, 0.05) is 0 Å². The van der Waals surface area contributed by atoms with Gasteiger partial charge in [0.15, 0.2) is 6.61 Å². The third-order valence-electron chi connectivity index (χ3n) is 2.97. The molecule has 0 saturated heterocycles. The van der Waals surface area contributed by atoms with Crippen molar-refractivity contribution in [2.75, 3.05) is 6.61 Å². The molecule has 0 atom stereocenters. The number of hydrogen-bond acceptors (Lipinski definition) is 5. The smallest absolute Gasteiger partial charge is 0.327 e. The van der Waals surface area contributed by atoms with Gasteiger partial charge in [-0.05, 0) is 52.7 Å². The molecule has 3 amide bonds. The Morgan fingerprint density at radius 3 is 2.64 bits per heavy atom. The predicted octanol–water partition coefficient (Wildman–Crippen LogP) is 1.19. The van der Waals surface area contributed by atoms with E-state index < -0.39 is 17.7 Å². The van der Waals surface area contributed by atoms with Crippen LogP contribution in [0.1, 0.15) is 11.3 Å². The van der Waals surface area contributed by atoms with E-state index in [1.807, 2.05) is 24.5 Å². The minimum atomic E-state index is -1.00. The zero-order valence-corrected chi connectivity index (χ0v) is 14.9. The number of furan rings is 1. The van der Waals surface area contributed by atoms with E-state index in [1.54, 1.807) is 18.2 Å². The van der Waals surface area contributed by atoms with E-state index in [4.69, 9.17) is 9.15 Å². The monoisotopic (exact) mass is 409 g/mol. The van der Waals surface area contributed by atoms with Gasteiger partial charge in [-0.15, -0.1) is 0 Å². The Hall–Kier alpha value is -2.81. The summed E-state index contributed by atoms with van der Waals surface area (Å²) in [6, 6.07) is 8.71. The van der Waals surface area contributed by atoms with Gasteiger partial charge in [0.1, 0.15) is 11.5 Å². The van der Waals surface area contributed by atoms with Gasteiger partial charge in [0.05, 0.1) is 17.3 Å². The van der Waals surface area contributed by atoms with E-state index in [9.17, 15) is 14.4 Å². The molecule has 0 fully saturated rings. The molecular weight excluding hydrogens is 394 g/mol. The number of carbonyl (C=O) groups excluding carboxylic acids is 3. The number of amides is 3. The Labute approximate surface area is 152 Å². The van der Waals surface area contributed by atoms with Crippen LogP contribution >= 0.6 is 15.9 Å². The lowest BCUT2D eigenvalue weighted by molar-refractivity contribution is -0.141. The molecular formula is C16H16BrN3O5. The van der Waals surface area contributed by atoms with Gasteiger partial charge in [0.25, 0.3) is 5.91 Å². The molecule has 132 valence electrons. The van der Waals surface area contributed by atoms with Crippen molar-refractivity contribution in [2.24, 2.45) is 0 Å². The predicted molar refractivity (Wildman–Crippen MR) is 91.2 cm³/mol. The van der Waals surface area contributed by atoms with Gasteiger partial charge < -0.3 is 14.5 Å². The quantitative estimate of drug-likeness (QED) is 0.507. The van der Waals surface area contributed by atoms with Gasteiger partial charge in [-0.2, -0.15) is 0 Å². The average Bonchev–Trinajstić information content (AvgIpc) is 3.10. The fourth-order valence-electron chi connectivity index (χ4n) is 1.75. The Balaban J connectivity index is 1.69. The highest BCUT2D eigenvalue weighted by Crippen LogP contribution is 2.25. The second kappa shape index (κ2) is 8.88. The molecule has 2 rings (SSSR count). The highest BCUT2D eigenvalue weighted by atomic mass is 79.9. The lowest BCUT2D eigenvalue weighted by Gasteiger charge is -2.10. The normalized spacial score (nSPS) is 10.0. The molecule has 3 N–H and O–H groups in total. The Bertz CT molecular complexity index is 761. The van der Waals surface area contributed by atoms with Crippen LogP contribution in [0.15, 0.2) is 45.5 Å². The minimum absolute atomic E-state index is 0.0672. The summed E-state index contributed by atoms with van der Waals surface area (Å²) in [5.41, 5.74) is 5.13. The van der Waals surface area contributed by atoms with Crippen molar-refractivity contribution in [3.05, 3.63) is 52.4 Å². The average molecular weight is 410 g/mol. The summed E-state index contributed by atoms with van der Waals surface area (Å²) in [4.78, 5) is 34.8. The van der Waals surface area contributed by atoms with Crippen molar-refractivity contribution in [3.8, 4) is 5.75 Å². The summed E-state index contributed by atoms with van der Waals surface area (Å²) in [5.74, 6) is -1.53. The largest absolute Gasteiger partial charge is 0.483 e. The van der Waals surface area contributed by atoms with E-state index in [2.05, 4.69) is 26.7 Å². The molecule has 0 aliphatic carbocycles. The molecule has 1 heterocycles. The zero-order chi connectivity index (χ0) is 18.2. The van der Waals surface area contributed by atoms with Crippen molar-refractivity contribution in [3.63, 3.8) is 0 Å². The molecule has 9 heteroatoms. The van der Waals surface area contributed by atoms with Crippen molar-refractivity contribution in [1.29, 1.82) is 0 Å². The second-order valence-corrected chi connectivity index (χ2v) is 5.84. The number of carbonyl (C=O) groups is 3. The third kappa shape index (κ3) is 5.96. The first-order valence-corrected chi connectivity index (χ1v) is 8.03. The van der Waals surface area contributed by atoms with Gasteiger partial charge in [-0.1, -0.05) is 6.07 Å². The Morgan fingerprint density at radius 2 is 1.96 bits per heavy atom. The molecule has 2 aromatic rings. The number of hydrazine groups is 1. The Morgan fingerprint density at radius 1 is 1.16 bits per heavy atom. The standard InChI is InChI=1S/C16H16BrN3O5/c1-10-4-5-13(12(17)7-10)25-9-14(21)19-20-16(23)15(22)18-8-11-3-2-6-24-11/h2-7H,8-9H2,1H3,(H,18,22)(H,19,21)(H,20,23). The van der Waals surface area contributed by atoms with Crippen LogP contribution in [0.2, 0.25) is 0 Å². The first kappa shape index (κ1) is 18.5. The van der Waals surface area contributed by atoms with Gasteiger partial charge >= 0.3 is 11.8 Å². The first-order chi connectivity index (χ1) is 12.0. The fourth-order valence-corrected chi connectivity index (χ4v) is 2.35. The van der Waals surface area contributed by atoms with Crippen LogP contribution in [0.25, 0.3) is 0 Å². The minimum Gasteiger partial charge on any atom is -0.483 e. The topological polar surface area (TPSA) is 110 Å². The maximum atomic E-state index is 11.7. The Kier molecular flexibility index (Phi) is 6.58. The molecule has 0 aliphatic heterocycles. The van der Waals surface area contributed by atoms with Gasteiger partial charge in [-0.3, -0.25) is 25.2 Å². The maximum absolute atomic E-state index is 11.7. The molecule has 0 radical (unpaired) electrons. The van der Waals surface area contributed by atoms with Crippen molar-refractivity contribution in [1.82, 2.24) is 16.2 Å². The molecule has 1 aromatic carbocycles. The molecule has 0 spiro atoms. The van der Waals surface area contributed by atoms with Crippen molar-refractivity contribution in [2.45, 2.75) is 13.5 Å². The molecule has 0 aliphatic rings. The number of rotatable bonds is 5. The summed E-state index contributed by atoms with van der Waals surface area (Å²) < 4.78 is 11.0. The van der Waals surface area contributed by atoms with Crippen LogP contribution in [-0.4, -0.2) is 24.3 Å². The van der Waals surface area contributed by atoms with Gasteiger partial charge in [-0.25, -0.2) is 0 Å². The number of hydrogen-bond donors (Lipinski definition) is 3. The zero-order valence-electron chi connectivity index (χ0n) is 13.3. The van der Waals surface area contributed by atoms with Crippen LogP contribution in [0, 0.1) is 6.92 Å². The third-order valence-corrected chi connectivity index (χ3v) is 3.59. The molecule has 0 bridgehead atoms. The van der Waals surface area contributed by atoms with E-state index >= 15 is 0 Å². The lowest BCUT2D eigenvalue weighted by Crippen LogP contribution is -2.49. The highest BCUT2D eigenvalue weighted by molar-refractivity contribution is 9.10. The number of benzene rings is 1. The number of nitrogens with one attached hydrogen (secondary N) is 3. The van der Waals surface area contributed by atoms with Crippen LogP contribution in [0.3, 0.4) is 0 Å². The summed E-state index contributed by atoms with van der Waals surface area (Å²) in [6.45, 7) is 1.67. The van der Waals surface area contributed by atoms with Crippen LogP contribution in [-0.2, 0) is 20.9 Å². The maximum Gasteiger partial charge on any atom is 0.327 e. The van der Waals surface area contributed by atoms with Crippen LogP contribution < -0.4 is 20.9 Å². The summed E-state index contributed by atoms with van der Waals surface area (Å²) in [7, 11) is 0. The van der Waals surface area contributed by atoms with E-state index in [-0.39, 0.29) is 13.2 Å². The van der Waals surface area contributed by atoms with E-state index in [1.165, 1.54) is 6.26 Å². The van der Waals surface area contributed by atoms with Crippen molar-refractivity contribution < 1.29 is 23.5 Å². The molecule has 1 aromatic heterocycles. The fraction of sp³-hybridized carbons (Fsp3) is 0.188. The molecule has 0 unspecified atom stereocenters. The van der Waals surface area contributed by atoms with E-state index in [0.29, 0.717) is 16.0 Å². The molecule has 8 nitrogen and oxygen atoms in total. The van der Waals surface area contributed by atoms with E-state index in [0.717, 1.165) is 5.56 Å². The summed E-state index contributed by atoms with van der Waals surface area (Å²) >= 11 is 3.33. The van der Waals surface area contributed by atoms with Crippen LogP contribution in [0.5, 0.6) is 5.75 Å². The van der Waals surface area contributed by atoms with Crippen molar-refractivity contribution >= 4 is 33.7 Å². The highest BCUT2D eigenvalue weighted by Gasteiger charge is 2.14. The summed E-state index contributed by atoms with van der Waals surface area (Å²) in [6.07, 6.45) is 1.45. The number of ether oxygens (including phenoxy) is 1. The number of aryl methyl sites for hydroxylation is 1. The SMILES string of the molecule is Cc1ccc(OCC(=O)NNC(=O)C(=O)NCc2ccco2)c(Br)c1.